The summed E-state index contributed by atoms with van der Waals surface area (Å²) < 4.78 is 6.72. The third-order valence-electron chi connectivity index (χ3n) is 4.11. The first-order valence-electron chi connectivity index (χ1n) is 7.92. The summed E-state index contributed by atoms with van der Waals surface area (Å²) in [6, 6.07) is 14.2. The first-order chi connectivity index (χ1) is 11.3. The van der Waals surface area contributed by atoms with Crippen molar-refractivity contribution in [2.24, 2.45) is 0 Å². The molecule has 23 heavy (non-hydrogen) atoms. The predicted octanol–water partition coefficient (Wildman–Crippen LogP) is 4.23. The van der Waals surface area contributed by atoms with Crippen LogP contribution in [0.25, 0.3) is 0 Å². The van der Waals surface area contributed by atoms with Crippen molar-refractivity contribution in [2.45, 2.75) is 19.4 Å². The molecule has 0 saturated carbocycles. The Balaban J connectivity index is 1.50. The molecule has 3 nitrogen and oxygen atoms in total. The Morgan fingerprint density at radius 2 is 2.04 bits per heavy atom. The van der Waals surface area contributed by atoms with Crippen LogP contribution in [0.15, 0.2) is 46.9 Å². The second kappa shape index (κ2) is 7.75. The number of hydrogen-bond donors (Lipinski definition) is 0. The van der Waals surface area contributed by atoms with Gasteiger partial charge < -0.3 is 9.64 Å². The lowest BCUT2D eigenvalue weighted by Crippen LogP contribution is -2.23. The zero-order chi connectivity index (χ0) is 16.1. The van der Waals surface area contributed by atoms with Crippen molar-refractivity contribution in [3.8, 4) is 0 Å². The van der Waals surface area contributed by atoms with Gasteiger partial charge >= 0.3 is 0 Å². The number of carbonyl (C=O) groups is 1. The molecule has 1 aliphatic heterocycles. The van der Waals surface area contributed by atoms with E-state index >= 15 is 0 Å². The lowest BCUT2D eigenvalue weighted by molar-refractivity contribution is 0.112. The fraction of sp³-hybridized carbons (Fsp3) is 0.316. The molecule has 1 aliphatic rings. The molecule has 0 bridgehead atoms. The minimum Gasteiger partial charge on any atom is -0.377 e. The molecule has 4 heteroatoms. The number of rotatable bonds is 7. The molecule has 2 aromatic rings. The van der Waals surface area contributed by atoms with E-state index in [-0.39, 0.29) is 0 Å². The molecule has 0 spiro atoms. The average Bonchev–Trinajstić information content (AvgIpc) is 2.97. The monoisotopic (exact) mass is 373 g/mol. The van der Waals surface area contributed by atoms with Gasteiger partial charge in [0.1, 0.15) is 0 Å². The maximum absolute atomic E-state index is 11.3. The minimum absolute atomic E-state index is 0.657. The smallest absolute Gasteiger partial charge is 0.152 e. The van der Waals surface area contributed by atoms with Gasteiger partial charge in [-0.15, -0.1) is 0 Å². The Morgan fingerprint density at radius 3 is 2.83 bits per heavy atom. The summed E-state index contributed by atoms with van der Waals surface area (Å²) >= 11 is 3.47. The molecule has 0 aliphatic carbocycles. The average molecular weight is 374 g/mol. The Kier molecular flexibility index (Phi) is 5.47. The maximum atomic E-state index is 11.3. The lowest BCUT2D eigenvalue weighted by Gasteiger charge is -2.21. The predicted molar refractivity (Wildman–Crippen MR) is 96.2 cm³/mol. The summed E-state index contributed by atoms with van der Waals surface area (Å²) in [5.41, 5.74) is 4.34. The number of nitrogens with zero attached hydrogens (tertiary/aromatic N) is 1. The number of aldehydes is 1. The van der Waals surface area contributed by atoms with Crippen LogP contribution in [-0.2, 0) is 17.8 Å². The molecular weight excluding hydrogens is 354 g/mol. The normalized spacial score (nSPS) is 13.2. The molecule has 2 aromatic carbocycles. The standard InChI is InChI=1S/C19H20BrNO2/c20-18-11-16-7-9-21(19(16)17(12-18)13-22)8-4-10-23-14-15-5-2-1-3-6-15/h1-3,5-6,11-13H,4,7-10,14H2. The molecule has 0 aromatic heterocycles. The topological polar surface area (TPSA) is 29.5 Å². The van der Waals surface area contributed by atoms with Gasteiger partial charge in [0.05, 0.1) is 12.3 Å². The van der Waals surface area contributed by atoms with Crippen molar-refractivity contribution in [1.29, 1.82) is 0 Å². The summed E-state index contributed by atoms with van der Waals surface area (Å²) in [6.45, 7) is 3.28. The van der Waals surface area contributed by atoms with Crippen molar-refractivity contribution < 1.29 is 9.53 Å². The number of anilines is 1. The number of fused-ring (bicyclic) bond motifs is 1. The molecule has 0 amide bonds. The highest BCUT2D eigenvalue weighted by Gasteiger charge is 2.22. The van der Waals surface area contributed by atoms with Gasteiger partial charge in [-0.25, -0.2) is 0 Å². The Labute approximate surface area is 145 Å². The third-order valence-corrected chi connectivity index (χ3v) is 4.56. The Hall–Kier alpha value is -1.65. The van der Waals surface area contributed by atoms with Gasteiger partial charge in [0.15, 0.2) is 6.29 Å². The molecule has 3 rings (SSSR count). The second-order valence-corrected chi connectivity index (χ2v) is 6.67. The molecule has 120 valence electrons. The first-order valence-corrected chi connectivity index (χ1v) is 8.71. The Morgan fingerprint density at radius 1 is 1.22 bits per heavy atom. The van der Waals surface area contributed by atoms with Gasteiger partial charge in [-0.1, -0.05) is 46.3 Å². The number of ether oxygens (including phenoxy) is 1. The molecule has 0 atom stereocenters. The summed E-state index contributed by atoms with van der Waals surface area (Å²) in [4.78, 5) is 13.6. The fourth-order valence-electron chi connectivity index (χ4n) is 3.06. The van der Waals surface area contributed by atoms with Crippen LogP contribution < -0.4 is 4.90 Å². The summed E-state index contributed by atoms with van der Waals surface area (Å²) in [7, 11) is 0. The van der Waals surface area contributed by atoms with Crippen molar-refractivity contribution in [2.75, 3.05) is 24.6 Å². The van der Waals surface area contributed by atoms with E-state index in [0.717, 1.165) is 54.5 Å². The van der Waals surface area contributed by atoms with Crippen LogP contribution >= 0.6 is 15.9 Å². The molecule has 0 N–H and O–H groups in total. The second-order valence-electron chi connectivity index (χ2n) is 5.75. The van der Waals surface area contributed by atoms with E-state index in [9.17, 15) is 4.79 Å². The lowest BCUT2D eigenvalue weighted by atomic mass is 10.1. The van der Waals surface area contributed by atoms with Crippen LogP contribution in [0.3, 0.4) is 0 Å². The van der Waals surface area contributed by atoms with Crippen LogP contribution in [0.4, 0.5) is 5.69 Å². The van der Waals surface area contributed by atoms with Gasteiger partial charge in [0.25, 0.3) is 0 Å². The number of hydrogen-bond acceptors (Lipinski definition) is 3. The van der Waals surface area contributed by atoms with Crippen molar-refractivity contribution >= 4 is 27.9 Å². The number of benzene rings is 2. The number of carbonyl (C=O) groups excluding carboxylic acids is 1. The summed E-state index contributed by atoms with van der Waals surface area (Å²) in [5.74, 6) is 0. The van der Waals surface area contributed by atoms with Crippen LogP contribution in [0.5, 0.6) is 0 Å². The molecule has 0 radical (unpaired) electrons. The molecule has 0 saturated heterocycles. The van der Waals surface area contributed by atoms with Gasteiger partial charge in [-0.2, -0.15) is 0 Å². The van der Waals surface area contributed by atoms with E-state index in [2.05, 4.69) is 39.0 Å². The summed E-state index contributed by atoms with van der Waals surface area (Å²) in [6.07, 6.45) is 2.91. The van der Waals surface area contributed by atoms with Gasteiger partial charge in [0, 0.05) is 29.7 Å². The quantitative estimate of drug-likeness (QED) is 0.537. The van der Waals surface area contributed by atoms with E-state index in [0.29, 0.717) is 6.61 Å². The van der Waals surface area contributed by atoms with Crippen LogP contribution in [0.2, 0.25) is 0 Å². The van der Waals surface area contributed by atoms with Crippen LogP contribution in [0, 0.1) is 0 Å². The van der Waals surface area contributed by atoms with E-state index in [1.54, 1.807) is 0 Å². The van der Waals surface area contributed by atoms with E-state index in [1.165, 1.54) is 11.1 Å². The van der Waals surface area contributed by atoms with Crippen LogP contribution in [0.1, 0.15) is 27.9 Å². The molecule has 0 fully saturated rings. The number of halogens is 1. The summed E-state index contributed by atoms with van der Waals surface area (Å²) in [5, 5.41) is 0. The fourth-order valence-corrected chi connectivity index (χ4v) is 3.58. The van der Waals surface area contributed by atoms with Gasteiger partial charge in [-0.3, -0.25) is 4.79 Å². The zero-order valence-electron chi connectivity index (χ0n) is 13.0. The third kappa shape index (κ3) is 4.01. The van der Waals surface area contributed by atoms with Crippen molar-refractivity contribution in [3.05, 3.63) is 63.6 Å². The highest BCUT2D eigenvalue weighted by atomic mass is 79.9. The molecular formula is C19H20BrNO2. The van der Waals surface area contributed by atoms with E-state index in [1.807, 2.05) is 24.3 Å². The van der Waals surface area contributed by atoms with E-state index in [4.69, 9.17) is 4.74 Å². The van der Waals surface area contributed by atoms with Gasteiger partial charge in [0.2, 0.25) is 0 Å². The highest BCUT2D eigenvalue weighted by molar-refractivity contribution is 9.10. The Bertz CT molecular complexity index is 673. The zero-order valence-corrected chi connectivity index (χ0v) is 14.6. The molecule has 0 unspecified atom stereocenters. The first kappa shape index (κ1) is 16.2. The maximum Gasteiger partial charge on any atom is 0.152 e. The van der Waals surface area contributed by atoms with Crippen molar-refractivity contribution in [1.82, 2.24) is 0 Å². The van der Waals surface area contributed by atoms with E-state index < -0.39 is 0 Å². The van der Waals surface area contributed by atoms with Crippen molar-refractivity contribution in [3.63, 3.8) is 0 Å². The highest BCUT2D eigenvalue weighted by Crippen LogP contribution is 2.33. The molecule has 1 heterocycles. The minimum atomic E-state index is 0.657. The SMILES string of the molecule is O=Cc1cc(Br)cc2c1N(CCCOCc1ccccc1)CC2. The van der Waals surface area contributed by atoms with Crippen LogP contribution in [-0.4, -0.2) is 26.0 Å². The largest absolute Gasteiger partial charge is 0.377 e. The van der Waals surface area contributed by atoms with Gasteiger partial charge in [-0.05, 0) is 36.1 Å².